The Bertz CT molecular complexity index is 1250. The smallest absolute Gasteiger partial charge is 0.274 e. The van der Waals surface area contributed by atoms with E-state index in [0.29, 0.717) is 30.9 Å². The lowest BCUT2D eigenvalue weighted by molar-refractivity contribution is 0.0664. The van der Waals surface area contributed by atoms with Gasteiger partial charge in [-0.25, -0.2) is 9.37 Å². The molecule has 3 aromatic rings. The SMILES string of the molecule is CN(c1cc(Nc2cccn(C3CC(F)C3)c2=O)nc2c(C(N)=O)cnn12)[C@@H]1CC[C@H]1O. The lowest BCUT2D eigenvalue weighted by atomic mass is 9.88. The first-order chi connectivity index (χ1) is 15.3. The molecular formula is C21H24FN7O3. The lowest BCUT2D eigenvalue weighted by Gasteiger charge is -2.40. The van der Waals surface area contributed by atoms with E-state index in [1.54, 1.807) is 24.4 Å². The summed E-state index contributed by atoms with van der Waals surface area (Å²) in [5.74, 6) is 0.238. The number of nitrogens with zero attached hydrogens (tertiary/aromatic N) is 5. The Morgan fingerprint density at radius 2 is 2.16 bits per heavy atom. The quantitative estimate of drug-likeness (QED) is 0.526. The number of aromatic nitrogens is 4. The van der Waals surface area contributed by atoms with Gasteiger partial charge in [0.25, 0.3) is 11.5 Å². The Morgan fingerprint density at radius 1 is 1.38 bits per heavy atom. The average Bonchev–Trinajstić information content (AvgIpc) is 3.15. The van der Waals surface area contributed by atoms with Gasteiger partial charge in [0.2, 0.25) is 0 Å². The van der Waals surface area contributed by atoms with Gasteiger partial charge in [0.05, 0.1) is 18.3 Å². The van der Waals surface area contributed by atoms with Gasteiger partial charge in [-0.05, 0) is 37.8 Å². The minimum atomic E-state index is -0.873. The van der Waals surface area contributed by atoms with Crippen molar-refractivity contribution in [1.82, 2.24) is 19.2 Å². The molecule has 11 heteroatoms. The molecule has 0 bridgehead atoms. The number of halogens is 1. The predicted molar refractivity (Wildman–Crippen MR) is 116 cm³/mol. The van der Waals surface area contributed by atoms with E-state index >= 15 is 0 Å². The molecule has 168 valence electrons. The third-order valence-electron chi connectivity index (χ3n) is 6.47. The minimum absolute atomic E-state index is 0.101. The van der Waals surface area contributed by atoms with E-state index in [-0.39, 0.29) is 34.5 Å². The molecule has 3 heterocycles. The van der Waals surface area contributed by atoms with Crippen LogP contribution in [0.2, 0.25) is 0 Å². The molecule has 0 saturated heterocycles. The molecule has 4 N–H and O–H groups in total. The van der Waals surface area contributed by atoms with E-state index in [4.69, 9.17) is 5.73 Å². The average molecular weight is 441 g/mol. The number of pyridine rings is 1. The number of carbonyl (C=O) groups excluding carboxylic acids is 1. The second-order valence-corrected chi connectivity index (χ2v) is 8.46. The number of rotatable bonds is 6. The second-order valence-electron chi connectivity index (χ2n) is 8.46. The first kappa shape index (κ1) is 20.4. The van der Waals surface area contributed by atoms with E-state index in [0.717, 1.165) is 6.42 Å². The molecule has 2 aliphatic rings. The Morgan fingerprint density at radius 3 is 2.78 bits per heavy atom. The fourth-order valence-electron chi connectivity index (χ4n) is 4.30. The molecule has 3 aromatic heterocycles. The van der Waals surface area contributed by atoms with Crippen molar-refractivity contribution < 1.29 is 14.3 Å². The Hall–Kier alpha value is -3.47. The molecular weight excluding hydrogens is 417 g/mol. The van der Waals surface area contributed by atoms with Crippen LogP contribution >= 0.6 is 0 Å². The molecule has 0 aromatic carbocycles. The fourth-order valence-corrected chi connectivity index (χ4v) is 4.30. The summed E-state index contributed by atoms with van der Waals surface area (Å²) in [5.41, 5.74) is 5.88. The van der Waals surface area contributed by atoms with Gasteiger partial charge < -0.3 is 25.6 Å². The number of nitrogens with two attached hydrogens (primary N) is 1. The van der Waals surface area contributed by atoms with Crippen LogP contribution < -0.4 is 21.5 Å². The lowest BCUT2D eigenvalue weighted by Crippen LogP contribution is -2.49. The Kier molecular flexibility index (Phi) is 4.85. The molecule has 5 rings (SSSR count). The van der Waals surface area contributed by atoms with Crippen molar-refractivity contribution in [3.63, 3.8) is 0 Å². The number of primary amides is 1. The van der Waals surface area contributed by atoms with Crippen LogP contribution in [0.3, 0.4) is 0 Å². The largest absolute Gasteiger partial charge is 0.391 e. The molecule has 0 spiro atoms. The van der Waals surface area contributed by atoms with Crippen molar-refractivity contribution in [2.24, 2.45) is 5.73 Å². The number of fused-ring (bicyclic) bond motifs is 1. The van der Waals surface area contributed by atoms with Gasteiger partial charge in [-0.15, -0.1) is 0 Å². The van der Waals surface area contributed by atoms with Gasteiger partial charge in [-0.3, -0.25) is 9.59 Å². The fraction of sp³-hybridized carbons (Fsp3) is 0.429. The van der Waals surface area contributed by atoms with Gasteiger partial charge in [0.1, 0.15) is 29.1 Å². The summed E-state index contributed by atoms with van der Waals surface area (Å²) in [6, 6.07) is 4.79. The molecule has 1 amide bonds. The number of amides is 1. The number of hydrogen-bond acceptors (Lipinski definition) is 7. The molecule has 0 aliphatic heterocycles. The first-order valence-electron chi connectivity index (χ1n) is 10.5. The number of carbonyl (C=O) groups is 1. The van der Waals surface area contributed by atoms with Gasteiger partial charge >= 0.3 is 0 Å². The number of aliphatic hydroxyl groups is 1. The van der Waals surface area contributed by atoms with Gasteiger partial charge in [0.15, 0.2) is 5.65 Å². The van der Waals surface area contributed by atoms with Crippen LogP contribution in [0, 0.1) is 0 Å². The zero-order valence-corrected chi connectivity index (χ0v) is 17.5. The first-order valence-corrected chi connectivity index (χ1v) is 10.5. The number of hydrogen-bond donors (Lipinski definition) is 3. The van der Waals surface area contributed by atoms with Crippen molar-refractivity contribution in [3.05, 3.63) is 46.5 Å². The maximum Gasteiger partial charge on any atom is 0.274 e. The van der Waals surface area contributed by atoms with E-state index < -0.39 is 18.2 Å². The van der Waals surface area contributed by atoms with Crippen molar-refractivity contribution >= 4 is 28.9 Å². The van der Waals surface area contributed by atoms with Crippen LogP contribution in [0.25, 0.3) is 5.65 Å². The molecule has 32 heavy (non-hydrogen) atoms. The highest BCUT2D eigenvalue weighted by molar-refractivity contribution is 5.99. The van der Waals surface area contributed by atoms with Gasteiger partial charge in [-0.2, -0.15) is 9.61 Å². The summed E-state index contributed by atoms with van der Waals surface area (Å²) in [6.07, 6.45) is 3.84. The molecule has 0 radical (unpaired) electrons. The zero-order chi connectivity index (χ0) is 22.6. The van der Waals surface area contributed by atoms with Crippen molar-refractivity contribution in [2.75, 3.05) is 17.3 Å². The summed E-state index contributed by atoms with van der Waals surface area (Å²) in [7, 11) is 1.83. The topological polar surface area (TPSA) is 131 Å². The highest BCUT2D eigenvalue weighted by Gasteiger charge is 2.34. The zero-order valence-electron chi connectivity index (χ0n) is 17.5. The number of nitrogens with one attached hydrogen (secondary N) is 1. The van der Waals surface area contributed by atoms with Crippen LogP contribution in [-0.4, -0.2) is 55.5 Å². The van der Waals surface area contributed by atoms with E-state index in [1.807, 2.05) is 11.9 Å². The predicted octanol–water partition coefficient (Wildman–Crippen LogP) is 1.37. The molecule has 2 fully saturated rings. The van der Waals surface area contributed by atoms with Crippen LogP contribution in [0.1, 0.15) is 42.1 Å². The summed E-state index contributed by atoms with van der Waals surface area (Å²) in [4.78, 5) is 31.2. The third kappa shape index (κ3) is 3.29. The summed E-state index contributed by atoms with van der Waals surface area (Å²) in [5, 5.41) is 17.4. The summed E-state index contributed by atoms with van der Waals surface area (Å²) in [6.45, 7) is 0. The number of anilines is 3. The highest BCUT2D eigenvalue weighted by atomic mass is 19.1. The van der Waals surface area contributed by atoms with E-state index in [2.05, 4.69) is 15.4 Å². The van der Waals surface area contributed by atoms with Gasteiger partial charge in [-0.1, -0.05) is 0 Å². The minimum Gasteiger partial charge on any atom is -0.391 e. The van der Waals surface area contributed by atoms with Crippen LogP contribution in [0.5, 0.6) is 0 Å². The molecule has 10 nitrogen and oxygen atoms in total. The summed E-state index contributed by atoms with van der Waals surface area (Å²) >= 11 is 0. The highest BCUT2D eigenvalue weighted by Crippen LogP contribution is 2.34. The second kappa shape index (κ2) is 7.59. The molecule has 2 aliphatic carbocycles. The van der Waals surface area contributed by atoms with Crippen LogP contribution in [0.4, 0.5) is 21.7 Å². The number of aliphatic hydroxyl groups excluding tert-OH is 1. The van der Waals surface area contributed by atoms with Crippen molar-refractivity contribution in [3.8, 4) is 0 Å². The number of alkyl halides is 1. The molecule has 0 unspecified atom stereocenters. The van der Waals surface area contributed by atoms with E-state index in [9.17, 15) is 19.1 Å². The molecule has 2 atom stereocenters. The standard InChI is InChI=1S/C21H24FN7O3/c1-27(15-4-5-16(15)30)18-9-17(26-20-13(19(23)31)10-24-29(18)20)25-14-3-2-6-28(21(14)32)12-7-11(22)8-12/h2-3,6,9-12,15-16,30H,4-5,7-8H2,1H3,(H2,23,31)(H,25,26)/t11?,12?,15-,16-/m1/s1. The van der Waals surface area contributed by atoms with Gasteiger partial charge in [0, 0.05) is 25.4 Å². The van der Waals surface area contributed by atoms with Crippen LogP contribution in [0.15, 0.2) is 35.4 Å². The third-order valence-corrected chi connectivity index (χ3v) is 6.47. The Labute approximate surface area is 182 Å². The maximum absolute atomic E-state index is 13.3. The van der Waals surface area contributed by atoms with Crippen molar-refractivity contribution in [1.29, 1.82) is 0 Å². The normalized spacial score (nSPS) is 24.6. The molecule has 2 saturated carbocycles. The van der Waals surface area contributed by atoms with Crippen molar-refractivity contribution in [2.45, 2.75) is 50.0 Å². The van der Waals surface area contributed by atoms with Crippen LogP contribution in [-0.2, 0) is 0 Å². The Balaban J connectivity index is 1.56. The van der Waals surface area contributed by atoms with E-state index in [1.165, 1.54) is 15.3 Å². The maximum atomic E-state index is 13.3. The summed E-state index contributed by atoms with van der Waals surface area (Å²) < 4.78 is 16.3. The number of likely N-dealkylation sites (N-methyl/N-ethyl adjacent to an activating group) is 1. The monoisotopic (exact) mass is 441 g/mol.